The summed E-state index contributed by atoms with van der Waals surface area (Å²) in [6, 6.07) is -2.20. The number of carbonyl (C=O) groups is 2. The smallest absolute Gasteiger partial charge is 0.383 e. The van der Waals surface area contributed by atoms with Crippen LogP contribution in [0.15, 0.2) is 5.16 Å². The van der Waals surface area contributed by atoms with Crippen LogP contribution in [0.1, 0.15) is 12.8 Å². The van der Waals surface area contributed by atoms with Gasteiger partial charge in [0.25, 0.3) is 5.91 Å². The van der Waals surface area contributed by atoms with Crippen LogP contribution in [0.25, 0.3) is 0 Å². The van der Waals surface area contributed by atoms with Gasteiger partial charge in [-0.25, -0.2) is 4.79 Å². The van der Waals surface area contributed by atoms with E-state index in [1.54, 1.807) is 0 Å². The minimum absolute atomic E-state index is 0.0851. The van der Waals surface area contributed by atoms with Crippen molar-refractivity contribution in [1.29, 1.82) is 5.41 Å². The van der Waals surface area contributed by atoms with Crippen LogP contribution in [0.5, 0.6) is 0 Å². The van der Waals surface area contributed by atoms with E-state index in [-0.39, 0.29) is 24.8 Å². The summed E-state index contributed by atoms with van der Waals surface area (Å²) in [4.78, 5) is 29.5. The van der Waals surface area contributed by atoms with Crippen LogP contribution in [-0.4, -0.2) is 71.9 Å². The average Bonchev–Trinajstić information content (AvgIpc) is 2.70. The van der Waals surface area contributed by atoms with Crippen LogP contribution in [-0.2, 0) is 24.3 Å². The van der Waals surface area contributed by atoms with Crippen molar-refractivity contribution in [3.05, 3.63) is 0 Å². The number of urea groups is 1. The van der Waals surface area contributed by atoms with Crippen LogP contribution in [0.4, 0.5) is 4.79 Å². The van der Waals surface area contributed by atoms with Crippen molar-refractivity contribution >= 4 is 34.1 Å². The van der Waals surface area contributed by atoms with Gasteiger partial charge in [0.1, 0.15) is 5.84 Å². The third kappa shape index (κ3) is 4.68. The van der Waals surface area contributed by atoms with Gasteiger partial charge in [-0.15, -0.1) is 4.28 Å². The van der Waals surface area contributed by atoms with Gasteiger partial charge in [0, 0.05) is 6.54 Å². The molecule has 2 fully saturated rings. The standard InChI is InChI=1S/C10H17N7O7S/c11-8(14-7(18)4-23-15-9(12)13)6-2-1-5-3-16(6)10(19)17(5)24-25(20,21)22/h5-6H,1-4H2,(H2,11,14,18)(H4,12,13,15)(H,20,21,22)/t5-,6+/m1/s1. The van der Waals surface area contributed by atoms with Crippen LogP contribution in [0, 0.1) is 5.41 Å². The molecule has 25 heavy (non-hydrogen) atoms. The lowest BCUT2D eigenvalue weighted by atomic mass is 10.00. The number of nitrogens with two attached hydrogens (primary N) is 2. The SMILES string of the molecule is N=C(NC(=O)CON=C(N)N)[C@@H]1CC[C@@H]2CN1C(=O)N2OS(=O)(=O)O. The molecule has 2 heterocycles. The molecule has 2 aliphatic rings. The molecule has 2 saturated heterocycles. The predicted molar refractivity (Wildman–Crippen MR) is 81.0 cm³/mol. The van der Waals surface area contributed by atoms with Crippen molar-refractivity contribution in [2.24, 2.45) is 16.6 Å². The zero-order valence-electron chi connectivity index (χ0n) is 12.8. The highest BCUT2D eigenvalue weighted by Crippen LogP contribution is 2.30. The number of carbonyl (C=O) groups excluding carboxylic acids is 2. The summed E-state index contributed by atoms with van der Waals surface area (Å²) < 4.78 is 34.6. The fraction of sp³-hybridized carbons (Fsp3) is 0.600. The number of oxime groups is 1. The molecule has 2 bridgehead atoms. The maximum Gasteiger partial charge on any atom is 0.418 e. The molecule has 0 spiro atoms. The molecule has 2 aliphatic heterocycles. The Kier molecular flexibility index (Phi) is 5.29. The number of nitrogens with one attached hydrogen (secondary N) is 2. The Labute approximate surface area is 142 Å². The Morgan fingerprint density at radius 2 is 2.12 bits per heavy atom. The number of guanidine groups is 1. The van der Waals surface area contributed by atoms with Crippen molar-refractivity contribution in [3.8, 4) is 0 Å². The number of amides is 3. The molecular weight excluding hydrogens is 362 g/mol. The lowest BCUT2D eigenvalue weighted by Crippen LogP contribution is -2.51. The second kappa shape index (κ2) is 7.08. The molecular formula is C10H17N7O7S. The van der Waals surface area contributed by atoms with E-state index in [0.29, 0.717) is 11.5 Å². The molecule has 0 aliphatic carbocycles. The average molecular weight is 379 g/mol. The molecule has 0 aromatic rings. The second-order valence-corrected chi connectivity index (χ2v) is 6.27. The number of piperidine rings is 1. The zero-order valence-corrected chi connectivity index (χ0v) is 13.6. The molecule has 0 aromatic heterocycles. The lowest BCUT2D eigenvalue weighted by Gasteiger charge is -2.30. The first kappa shape index (κ1) is 18.7. The van der Waals surface area contributed by atoms with E-state index in [4.69, 9.17) is 21.4 Å². The molecule has 140 valence electrons. The molecule has 2 rings (SSSR count). The molecule has 7 N–H and O–H groups in total. The van der Waals surface area contributed by atoms with Gasteiger partial charge in [-0.05, 0) is 18.0 Å². The summed E-state index contributed by atoms with van der Waals surface area (Å²) in [7, 11) is -4.85. The lowest BCUT2D eigenvalue weighted by molar-refractivity contribution is -0.124. The van der Waals surface area contributed by atoms with E-state index in [1.165, 1.54) is 4.90 Å². The molecule has 14 nitrogen and oxygen atoms in total. The minimum Gasteiger partial charge on any atom is -0.383 e. The first-order valence-electron chi connectivity index (χ1n) is 6.94. The molecule has 0 aromatic carbocycles. The number of nitrogens with zero attached hydrogens (tertiary/aromatic N) is 3. The van der Waals surface area contributed by atoms with E-state index in [1.807, 2.05) is 0 Å². The Hall–Kier alpha value is -2.65. The topological polar surface area (TPSA) is 214 Å². The summed E-state index contributed by atoms with van der Waals surface area (Å²) in [5, 5.41) is 13.9. The maximum absolute atomic E-state index is 12.2. The number of hydroxylamine groups is 2. The summed E-state index contributed by atoms with van der Waals surface area (Å²) >= 11 is 0. The van der Waals surface area contributed by atoms with E-state index < -0.39 is 41.0 Å². The number of hydrogen-bond donors (Lipinski definition) is 5. The van der Waals surface area contributed by atoms with Crippen molar-refractivity contribution < 1.29 is 31.7 Å². The summed E-state index contributed by atoms with van der Waals surface area (Å²) in [6.07, 6.45) is 0.598. The van der Waals surface area contributed by atoms with Crippen LogP contribution in [0.3, 0.4) is 0 Å². The Morgan fingerprint density at radius 1 is 1.44 bits per heavy atom. The van der Waals surface area contributed by atoms with Gasteiger partial charge >= 0.3 is 16.4 Å². The van der Waals surface area contributed by atoms with Crippen molar-refractivity contribution in [2.45, 2.75) is 24.9 Å². The number of fused-ring (bicyclic) bond motifs is 2. The normalized spacial score (nSPS) is 22.5. The Balaban J connectivity index is 1.96. The van der Waals surface area contributed by atoms with E-state index in [2.05, 4.69) is 19.6 Å². The Bertz CT molecular complexity index is 704. The predicted octanol–water partition coefficient (Wildman–Crippen LogP) is -2.71. The highest BCUT2D eigenvalue weighted by molar-refractivity contribution is 7.80. The fourth-order valence-electron chi connectivity index (χ4n) is 2.57. The Morgan fingerprint density at radius 3 is 2.72 bits per heavy atom. The van der Waals surface area contributed by atoms with Crippen LogP contribution < -0.4 is 16.8 Å². The summed E-state index contributed by atoms with van der Waals surface area (Å²) in [6.45, 7) is -0.455. The maximum atomic E-state index is 12.2. The second-order valence-electron chi connectivity index (χ2n) is 5.26. The highest BCUT2D eigenvalue weighted by Gasteiger charge is 2.48. The molecule has 3 amide bonds. The van der Waals surface area contributed by atoms with Crippen molar-refractivity contribution in [3.63, 3.8) is 0 Å². The van der Waals surface area contributed by atoms with Crippen molar-refractivity contribution in [2.75, 3.05) is 13.2 Å². The third-order valence-electron chi connectivity index (χ3n) is 3.47. The molecule has 15 heteroatoms. The fourth-order valence-corrected chi connectivity index (χ4v) is 2.96. The molecule has 0 radical (unpaired) electrons. The van der Waals surface area contributed by atoms with Gasteiger partial charge in [0.15, 0.2) is 6.61 Å². The van der Waals surface area contributed by atoms with E-state index in [9.17, 15) is 18.0 Å². The zero-order chi connectivity index (χ0) is 18.8. The van der Waals surface area contributed by atoms with Crippen LogP contribution >= 0.6 is 0 Å². The molecule has 0 saturated carbocycles. The van der Waals surface area contributed by atoms with Gasteiger partial charge in [-0.1, -0.05) is 0 Å². The van der Waals surface area contributed by atoms with Gasteiger partial charge in [0.2, 0.25) is 5.96 Å². The summed E-state index contributed by atoms with van der Waals surface area (Å²) in [5.41, 5.74) is 10.0. The van der Waals surface area contributed by atoms with Crippen LogP contribution in [0.2, 0.25) is 0 Å². The van der Waals surface area contributed by atoms with Crippen molar-refractivity contribution in [1.82, 2.24) is 15.3 Å². The largest absolute Gasteiger partial charge is 0.418 e. The minimum atomic E-state index is -4.85. The van der Waals surface area contributed by atoms with Gasteiger partial charge in [0.05, 0.1) is 12.1 Å². The van der Waals surface area contributed by atoms with E-state index >= 15 is 0 Å². The highest BCUT2D eigenvalue weighted by atomic mass is 32.3. The van der Waals surface area contributed by atoms with E-state index in [0.717, 1.165) is 0 Å². The molecule has 2 atom stereocenters. The first-order valence-corrected chi connectivity index (χ1v) is 8.31. The summed E-state index contributed by atoms with van der Waals surface area (Å²) in [5.74, 6) is -1.36. The monoisotopic (exact) mass is 379 g/mol. The quantitative estimate of drug-likeness (QED) is 0.140. The van der Waals surface area contributed by atoms with Gasteiger partial charge in [-0.2, -0.15) is 13.5 Å². The molecule has 0 unspecified atom stereocenters. The first-order chi connectivity index (χ1) is 11.6. The number of amidine groups is 1. The van der Waals surface area contributed by atoms with Gasteiger partial charge < -0.3 is 26.5 Å². The number of hydrogen-bond acceptors (Lipinski definition) is 8. The van der Waals surface area contributed by atoms with Gasteiger partial charge in [-0.3, -0.25) is 14.8 Å². The third-order valence-corrected chi connectivity index (χ3v) is 3.82. The number of rotatable bonds is 6.